The van der Waals surface area contributed by atoms with Crippen LogP contribution in [0.4, 0.5) is 11.4 Å². The minimum absolute atomic E-state index is 0.328. The molecule has 31 heavy (non-hydrogen) atoms. The van der Waals surface area contributed by atoms with Gasteiger partial charge in [0, 0.05) is 17.3 Å². The van der Waals surface area contributed by atoms with Crippen LogP contribution in [0.15, 0.2) is 67.0 Å². The minimum Gasteiger partial charge on any atom is -0.321 e. The summed E-state index contributed by atoms with van der Waals surface area (Å²) in [6.07, 6.45) is 3.16. The average molecular weight is 413 g/mol. The van der Waals surface area contributed by atoms with E-state index >= 15 is 0 Å². The first kappa shape index (κ1) is 21.7. The monoisotopic (exact) mass is 413 g/mol. The van der Waals surface area contributed by atoms with Crippen molar-refractivity contribution in [2.24, 2.45) is 5.84 Å². The maximum atomic E-state index is 13.0. The number of rotatable bonds is 5. The number of nitrogens with two attached hydrogens (primary N) is 1. The average Bonchev–Trinajstić information content (AvgIpc) is 2.79. The number of anilines is 2. The van der Waals surface area contributed by atoms with Crippen molar-refractivity contribution in [1.29, 1.82) is 5.26 Å². The number of hydrogen-bond acceptors (Lipinski definition) is 5. The molecule has 0 spiro atoms. The molecule has 3 rings (SSSR count). The number of benzene rings is 2. The van der Waals surface area contributed by atoms with Gasteiger partial charge in [0.05, 0.1) is 29.1 Å². The van der Waals surface area contributed by atoms with E-state index in [2.05, 4.69) is 16.4 Å². The maximum absolute atomic E-state index is 13.0. The van der Waals surface area contributed by atoms with Crippen molar-refractivity contribution in [3.05, 3.63) is 89.2 Å². The van der Waals surface area contributed by atoms with Crippen LogP contribution in [0, 0.1) is 18.3 Å². The topological polar surface area (TPSA) is 112 Å². The van der Waals surface area contributed by atoms with Crippen LogP contribution in [0.1, 0.15) is 45.7 Å². The van der Waals surface area contributed by atoms with Gasteiger partial charge in [0.25, 0.3) is 11.8 Å². The zero-order valence-corrected chi connectivity index (χ0v) is 17.6. The second kappa shape index (κ2) is 8.78. The fourth-order valence-electron chi connectivity index (χ4n) is 3.00. The Hall–Kier alpha value is -4.02. The maximum Gasteiger partial charge on any atom is 0.272 e. The summed E-state index contributed by atoms with van der Waals surface area (Å²) in [5, 5.41) is 13.1. The van der Waals surface area contributed by atoms with Gasteiger partial charge in [0.2, 0.25) is 0 Å². The molecule has 2 aromatic carbocycles. The molecule has 0 fully saturated rings. The first-order valence-corrected chi connectivity index (χ1v) is 9.66. The van der Waals surface area contributed by atoms with Crippen molar-refractivity contribution in [1.82, 2.24) is 4.98 Å². The fourth-order valence-corrected chi connectivity index (χ4v) is 3.00. The molecule has 0 saturated heterocycles. The van der Waals surface area contributed by atoms with Gasteiger partial charge < -0.3 is 5.32 Å². The summed E-state index contributed by atoms with van der Waals surface area (Å²) < 4.78 is 0. The van der Waals surface area contributed by atoms with E-state index in [4.69, 9.17) is 5.84 Å². The number of nitrogens with one attached hydrogen (secondary N) is 1. The Balaban J connectivity index is 1.87. The van der Waals surface area contributed by atoms with Gasteiger partial charge in [-0.2, -0.15) is 5.26 Å². The lowest BCUT2D eigenvalue weighted by Gasteiger charge is -2.20. The molecule has 0 aliphatic carbocycles. The third-order valence-corrected chi connectivity index (χ3v) is 4.99. The van der Waals surface area contributed by atoms with Crippen molar-refractivity contribution < 1.29 is 9.59 Å². The lowest BCUT2D eigenvalue weighted by Crippen LogP contribution is -2.37. The molecule has 3 aromatic rings. The summed E-state index contributed by atoms with van der Waals surface area (Å²) in [5.41, 5.74) is 2.40. The fraction of sp³-hybridized carbons (Fsp3) is 0.167. The van der Waals surface area contributed by atoms with Crippen LogP contribution in [0.25, 0.3) is 0 Å². The van der Waals surface area contributed by atoms with E-state index in [9.17, 15) is 14.9 Å². The highest BCUT2D eigenvalue weighted by Gasteiger charge is 2.23. The number of carbonyl (C=O) groups is 2. The van der Waals surface area contributed by atoms with E-state index in [0.717, 1.165) is 16.1 Å². The quantitative estimate of drug-likeness (QED) is 0.373. The molecule has 2 amide bonds. The second-order valence-electron chi connectivity index (χ2n) is 7.69. The van der Waals surface area contributed by atoms with Crippen LogP contribution in [0.5, 0.6) is 0 Å². The number of aromatic nitrogens is 1. The van der Waals surface area contributed by atoms with Crippen molar-refractivity contribution in [3.63, 3.8) is 0 Å². The summed E-state index contributed by atoms with van der Waals surface area (Å²) in [6.45, 7) is 5.37. The first-order chi connectivity index (χ1) is 14.7. The number of hydrogen-bond donors (Lipinski definition) is 2. The van der Waals surface area contributed by atoms with E-state index in [0.29, 0.717) is 22.5 Å². The van der Waals surface area contributed by atoms with E-state index in [-0.39, 0.29) is 5.91 Å². The Morgan fingerprint density at radius 1 is 1.13 bits per heavy atom. The summed E-state index contributed by atoms with van der Waals surface area (Å²) in [6, 6.07) is 17.5. The number of pyridine rings is 1. The van der Waals surface area contributed by atoms with Gasteiger partial charge >= 0.3 is 0 Å². The molecule has 7 nitrogen and oxygen atoms in total. The number of hydrazine groups is 1. The van der Waals surface area contributed by atoms with Gasteiger partial charge in [-0.3, -0.25) is 14.6 Å². The van der Waals surface area contributed by atoms with Gasteiger partial charge in [-0.15, -0.1) is 0 Å². The standard InChI is InChI=1S/C24H23N5O2/c1-16-9-10-20(13-21(16)22(30)28-19-8-5-11-27-14-19)29(26)23(31)17-6-4-7-18(12-17)24(2,3)15-25/h4-14H,26H2,1-3H3,(H,28,30). The highest BCUT2D eigenvalue weighted by atomic mass is 16.2. The van der Waals surface area contributed by atoms with Gasteiger partial charge in [0.15, 0.2) is 0 Å². The third-order valence-electron chi connectivity index (χ3n) is 4.99. The SMILES string of the molecule is Cc1ccc(N(N)C(=O)c2cccc(C(C)(C)C#N)c2)cc1C(=O)Nc1cccnc1. The summed E-state index contributed by atoms with van der Waals surface area (Å²) in [5.74, 6) is 5.34. The number of aryl methyl sites for hydroxylation is 1. The van der Waals surface area contributed by atoms with Crippen molar-refractivity contribution in [2.75, 3.05) is 10.3 Å². The molecule has 0 bridgehead atoms. The Morgan fingerprint density at radius 3 is 2.58 bits per heavy atom. The molecule has 0 saturated carbocycles. The van der Waals surface area contributed by atoms with Gasteiger partial charge in [-0.1, -0.05) is 18.2 Å². The van der Waals surface area contributed by atoms with Gasteiger partial charge in [-0.25, -0.2) is 10.9 Å². The molecule has 0 radical (unpaired) electrons. The first-order valence-electron chi connectivity index (χ1n) is 9.66. The van der Waals surface area contributed by atoms with E-state index in [1.807, 2.05) is 0 Å². The Kier molecular flexibility index (Phi) is 6.14. The van der Waals surface area contributed by atoms with E-state index in [1.54, 1.807) is 87.8 Å². The molecule has 7 heteroatoms. The molecule has 156 valence electrons. The molecule has 0 unspecified atom stereocenters. The number of nitriles is 1. The van der Waals surface area contributed by atoms with Crippen LogP contribution in [0.2, 0.25) is 0 Å². The molecule has 0 atom stereocenters. The van der Waals surface area contributed by atoms with Crippen molar-refractivity contribution in [2.45, 2.75) is 26.2 Å². The molecular formula is C24H23N5O2. The lowest BCUT2D eigenvalue weighted by molar-refractivity contribution is 0.0983. The molecule has 0 aliphatic heterocycles. The molecular weight excluding hydrogens is 390 g/mol. The summed E-state index contributed by atoms with van der Waals surface area (Å²) >= 11 is 0. The predicted octanol–water partition coefficient (Wildman–Crippen LogP) is 3.96. The summed E-state index contributed by atoms with van der Waals surface area (Å²) in [7, 11) is 0. The molecule has 1 heterocycles. The largest absolute Gasteiger partial charge is 0.321 e. The van der Waals surface area contributed by atoms with Gasteiger partial charge in [0.1, 0.15) is 0 Å². The van der Waals surface area contributed by atoms with E-state index < -0.39 is 11.3 Å². The summed E-state index contributed by atoms with van der Waals surface area (Å²) in [4.78, 5) is 29.7. The van der Waals surface area contributed by atoms with Crippen molar-refractivity contribution in [3.8, 4) is 6.07 Å². The Bertz CT molecular complexity index is 1170. The molecule has 3 N–H and O–H groups in total. The van der Waals surface area contributed by atoms with Crippen molar-refractivity contribution >= 4 is 23.2 Å². The van der Waals surface area contributed by atoms with Crippen LogP contribution < -0.4 is 16.2 Å². The number of nitrogens with zero attached hydrogens (tertiary/aromatic N) is 3. The number of amides is 2. The zero-order valence-electron chi connectivity index (χ0n) is 17.6. The number of carbonyl (C=O) groups excluding carboxylic acids is 2. The Labute approximate surface area is 181 Å². The Morgan fingerprint density at radius 2 is 1.90 bits per heavy atom. The molecule has 0 aliphatic rings. The third kappa shape index (κ3) is 4.77. The van der Waals surface area contributed by atoms with Crippen LogP contribution in [0.3, 0.4) is 0 Å². The molecule has 1 aromatic heterocycles. The minimum atomic E-state index is -0.739. The normalized spacial score (nSPS) is 10.8. The van der Waals surface area contributed by atoms with Crippen LogP contribution >= 0.6 is 0 Å². The second-order valence-corrected chi connectivity index (χ2v) is 7.69. The smallest absolute Gasteiger partial charge is 0.272 e. The van der Waals surface area contributed by atoms with Gasteiger partial charge in [-0.05, 0) is 68.3 Å². The lowest BCUT2D eigenvalue weighted by atomic mass is 9.85. The van der Waals surface area contributed by atoms with Crippen LogP contribution in [-0.4, -0.2) is 16.8 Å². The highest BCUT2D eigenvalue weighted by molar-refractivity contribution is 6.08. The highest BCUT2D eigenvalue weighted by Crippen LogP contribution is 2.25. The predicted molar refractivity (Wildman–Crippen MR) is 119 cm³/mol. The van der Waals surface area contributed by atoms with Crippen LogP contribution in [-0.2, 0) is 5.41 Å². The van der Waals surface area contributed by atoms with E-state index in [1.165, 1.54) is 0 Å². The zero-order chi connectivity index (χ0) is 22.6.